The van der Waals surface area contributed by atoms with E-state index in [-0.39, 0.29) is 0 Å². The molecule has 0 atom stereocenters. The van der Waals surface area contributed by atoms with Crippen LogP contribution in [0.5, 0.6) is 5.75 Å². The molecule has 1 fully saturated rings. The lowest BCUT2D eigenvalue weighted by atomic mass is 10.2. The highest BCUT2D eigenvalue weighted by molar-refractivity contribution is 6.32. The number of carbonyl (C=O) groups excluding carboxylic acids is 1. The van der Waals surface area contributed by atoms with Gasteiger partial charge in [-0.3, -0.25) is 4.90 Å². The Labute approximate surface area is 123 Å². The molecular formula is C14H18ClNO4. The van der Waals surface area contributed by atoms with E-state index in [1.807, 2.05) is 0 Å². The molecular weight excluding hydrogens is 282 g/mol. The van der Waals surface area contributed by atoms with E-state index < -0.39 is 5.97 Å². The molecule has 0 amide bonds. The van der Waals surface area contributed by atoms with Gasteiger partial charge >= 0.3 is 5.97 Å². The number of hydrogen-bond donors (Lipinski definition) is 0. The number of hydrogen-bond acceptors (Lipinski definition) is 5. The van der Waals surface area contributed by atoms with Gasteiger partial charge in [0.1, 0.15) is 12.4 Å². The van der Waals surface area contributed by atoms with Crippen molar-refractivity contribution in [2.24, 2.45) is 0 Å². The Morgan fingerprint density at radius 1 is 1.40 bits per heavy atom. The molecule has 0 radical (unpaired) electrons. The van der Waals surface area contributed by atoms with Gasteiger partial charge in [-0.15, -0.1) is 0 Å². The second-order valence-electron chi connectivity index (χ2n) is 4.44. The van der Waals surface area contributed by atoms with Gasteiger partial charge in [-0.1, -0.05) is 11.6 Å². The van der Waals surface area contributed by atoms with Crippen molar-refractivity contribution in [3.8, 4) is 5.75 Å². The number of ether oxygens (including phenoxy) is 3. The van der Waals surface area contributed by atoms with Crippen LogP contribution in [0.4, 0.5) is 0 Å². The fraction of sp³-hybridized carbons (Fsp3) is 0.500. The second kappa shape index (κ2) is 7.47. The summed E-state index contributed by atoms with van der Waals surface area (Å²) in [6, 6.07) is 4.88. The van der Waals surface area contributed by atoms with Crippen LogP contribution >= 0.6 is 11.6 Å². The summed E-state index contributed by atoms with van der Waals surface area (Å²) in [7, 11) is 1.34. The zero-order valence-corrected chi connectivity index (χ0v) is 12.2. The maximum absolute atomic E-state index is 11.4. The van der Waals surface area contributed by atoms with Crippen LogP contribution in [-0.4, -0.2) is 57.4 Å². The Hall–Kier alpha value is -1.30. The van der Waals surface area contributed by atoms with E-state index in [1.165, 1.54) is 7.11 Å². The third kappa shape index (κ3) is 4.10. The number of esters is 1. The molecule has 0 bridgehead atoms. The normalized spacial score (nSPS) is 15.9. The Morgan fingerprint density at radius 3 is 2.80 bits per heavy atom. The van der Waals surface area contributed by atoms with E-state index in [1.54, 1.807) is 18.2 Å². The second-order valence-corrected chi connectivity index (χ2v) is 4.85. The van der Waals surface area contributed by atoms with Gasteiger partial charge in [-0.2, -0.15) is 0 Å². The van der Waals surface area contributed by atoms with Crippen LogP contribution in [0.2, 0.25) is 5.02 Å². The fourth-order valence-electron chi connectivity index (χ4n) is 1.97. The predicted molar refractivity (Wildman–Crippen MR) is 75.5 cm³/mol. The minimum absolute atomic E-state index is 0.410. The molecule has 0 aliphatic carbocycles. The Balaban J connectivity index is 1.84. The molecule has 0 unspecified atom stereocenters. The first-order valence-corrected chi connectivity index (χ1v) is 6.89. The molecule has 20 heavy (non-hydrogen) atoms. The first-order chi connectivity index (χ1) is 9.70. The topological polar surface area (TPSA) is 48.0 Å². The van der Waals surface area contributed by atoms with Crippen molar-refractivity contribution < 1.29 is 19.0 Å². The van der Waals surface area contributed by atoms with E-state index in [0.29, 0.717) is 22.9 Å². The number of benzene rings is 1. The van der Waals surface area contributed by atoms with Crippen molar-refractivity contribution in [1.29, 1.82) is 0 Å². The average molecular weight is 300 g/mol. The van der Waals surface area contributed by atoms with E-state index in [0.717, 1.165) is 32.8 Å². The monoisotopic (exact) mass is 299 g/mol. The van der Waals surface area contributed by atoms with Crippen LogP contribution in [0.1, 0.15) is 10.4 Å². The van der Waals surface area contributed by atoms with Crippen molar-refractivity contribution in [3.05, 3.63) is 28.8 Å². The maximum Gasteiger partial charge on any atom is 0.337 e. The summed E-state index contributed by atoms with van der Waals surface area (Å²) in [6.45, 7) is 4.79. The van der Waals surface area contributed by atoms with Gasteiger partial charge in [0.15, 0.2) is 0 Å². The first-order valence-electron chi connectivity index (χ1n) is 6.51. The van der Waals surface area contributed by atoms with E-state index in [4.69, 9.17) is 21.1 Å². The Bertz CT molecular complexity index is 460. The van der Waals surface area contributed by atoms with E-state index >= 15 is 0 Å². The van der Waals surface area contributed by atoms with Crippen molar-refractivity contribution in [1.82, 2.24) is 4.90 Å². The third-order valence-electron chi connectivity index (χ3n) is 3.12. The molecule has 1 aromatic carbocycles. The summed E-state index contributed by atoms with van der Waals surface area (Å²) < 4.78 is 15.6. The molecule has 0 saturated carbocycles. The third-order valence-corrected chi connectivity index (χ3v) is 3.42. The van der Waals surface area contributed by atoms with Gasteiger partial charge in [0.05, 0.1) is 30.9 Å². The molecule has 2 rings (SSSR count). The lowest BCUT2D eigenvalue weighted by Gasteiger charge is -2.26. The summed E-state index contributed by atoms with van der Waals surface area (Å²) in [5.74, 6) is 0.166. The highest BCUT2D eigenvalue weighted by atomic mass is 35.5. The lowest BCUT2D eigenvalue weighted by Crippen LogP contribution is -2.38. The van der Waals surface area contributed by atoms with Gasteiger partial charge in [0, 0.05) is 19.6 Å². The molecule has 0 aromatic heterocycles. The molecule has 1 aliphatic rings. The number of halogens is 1. The number of morpholine rings is 1. The number of nitrogens with zero attached hydrogens (tertiary/aromatic N) is 1. The summed E-state index contributed by atoms with van der Waals surface area (Å²) in [6.07, 6.45) is 0. The average Bonchev–Trinajstić information content (AvgIpc) is 2.49. The van der Waals surface area contributed by atoms with Crippen LogP contribution in [0.3, 0.4) is 0 Å². The quantitative estimate of drug-likeness (QED) is 0.777. The zero-order valence-electron chi connectivity index (χ0n) is 11.4. The highest BCUT2D eigenvalue weighted by Crippen LogP contribution is 2.25. The molecule has 0 N–H and O–H groups in total. The van der Waals surface area contributed by atoms with Crippen molar-refractivity contribution in [2.75, 3.05) is 46.6 Å². The van der Waals surface area contributed by atoms with Crippen LogP contribution in [0.15, 0.2) is 18.2 Å². The summed E-state index contributed by atoms with van der Waals surface area (Å²) in [5, 5.41) is 0.412. The minimum Gasteiger partial charge on any atom is -0.491 e. The lowest BCUT2D eigenvalue weighted by molar-refractivity contribution is 0.0322. The summed E-state index contributed by atoms with van der Waals surface area (Å²) in [5.41, 5.74) is 0.415. The van der Waals surface area contributed by atoms with Crippen LogP contribution in [-0.2, 0) is 9.47 Å². The van der Waals surface area contributed by atoms with Crippen molar-refractivity contribution in [2.45, 2.75) is 0 Å². The molecule has 1 heterocycles. The van der Waals surface area contributed by atoms with Crippen molar-refractivity contribution >= 4 is 17.6 Å². The predicted octanol–water partition coefficient (Wildman–Crippen LogP) is 1.84. The van der Waals surface area contributed by atoms with Gasteiger partial charge < -0.3 is 14.2 Å². The Kier molecular flexibility index (Phi) is 5.64. The Morgan fingerprint density at radius 2 is 2.15 bits per heavy atom. The molecule has 1 saturated heterocycles. The van der Waals surface area contributed by atoms with Crippen LogP contribution in [0.25, 0.3) is 0 Å². The van der Waals surface area contributed by atoms with Gasteiger partial charge in [0.25, 0.3) is 0 Å². The van der Waals surface area contributed by atoms with Gasteiger partial charge in [0.2, 0.25) is 0 Å². The minimum atomic E-state index is -0.410. The number of rotatable bonds is 5. The molecule has 5 nitrogen and oxygen atoms in total. The fourth-order valence-corrected chi connectivity index (χ4v) is 2.21. The van der Waals surface area contributed by atoms with Crippen molar-refractivity contribution in [3.63, 3.8) is 0 Å². The number of carbonyl (C=O) groups is 1. The van der Waals surface area contributed by atoms with Gasteiger partial charge in [-0.25, -0.2) is 4.79 Å². The standard InChI is InChI=1S/C14H18ClNO4/c1-18-14(17)11-2-3-13(12(15)10-11)20-9-6-16-4-7-19-8-5-16/h2-3,10H,4-9H2,1H3. The largest absolute Gasteiger partial charge is 0.491 e. The van der Waals surface area contributed by atoms with E-state index in [9.17, 15) is 4.79 Å². The molecule has 110 valence electrons. The molecule has 1 aliphatic heterocycles. The summed E-state index contributed by atoms with van der Waals surface area (Å²) >= 11 is 6.09. The smallest absolute Gasteiger partial charge is 0.337 e. The molecule has 1 aromatic rings. The number of methoxy groups -OCH3 is 1. The van der Waals surface area contributed by atoms with Crippen LogP contribution < -0.4 is 4.74 Å². The zero-order chi connectivity index (χ0) is 14.4. The highest BCUT2D eigenvalue weighted by Gasteiger charge is 2.12. The molecule has 6 heteroatoms. The maximum atomic E-state index is 11.4. The molecule has 0 spiro atoms. The van der Waals surface area contributed by atoms with Crippen LogP contribution in [0, 0.1) is 0 Å². The summed E-state index contributed by atoms with van der Waals surface area (Å²) in [4.78, 5) is 13.6. The van der Waals surface area contributed by atoms with Gasteiger partial charge in [-0.05, 0) is 18.2 Å². The SMILES string of the molecule is COC(=O)c1ccc(OCCN2CCOCC2)c(Cl)c1. The van der Waals surface area contributed by atoms with E-state index in [2.05, 4.69) is 9.64 Å². The first kappa shape index (κ1) is 15.1.